The van der Waals surface area contributed by atoms with Gasteiger partial charge in [-0.05, 0) is 44.7 Å². The first-order valence-corrected chi connectivity index (χ1v) is 9.64. The van der Waals surface area contributed by atoms with Gasteiger partial charge in [-0.15, -0.1) is 0 Å². The van der Waals surface area contributed by atoms with Crippen LogP contribution >= 0.6 is 0 Å². The van der Waals surface area contributed by atoms with Crippen LogP contribution in [0.2, 0.25) is 0 Å². The summed E-state index contributed by atoms with van der Waals surface area (Å²) >= 11 is 0. The molecule has 0 unspecified atom stereocenters. The minimum Gasteiger partial charge on any atom is -0.490 e. The van der Waals surface area contributed by atoms with Gasteiger partial charge >= 0.3 is 5.97 Å². The van der Waals surface area contributed by atoms with E-state index in [1.807, 2.05) is 18.2 Å². The Bertz CT molecular complexity index is 1030. The van der Waals surface area contributed by atoms with Crippen molar-refractivity contribution in [3.8, 4) is 5.75 Å². The summed E-state index contributed by atoms with van der Waals surface area (Å²) in [5.74, 6) is 0.279. The van der Waals surface area contributed by atoms with Gasteiger partial charge in [0.15, 0.2) is 0 Å². The summed E-state index contributed by atoms with van der Waals surface area (Å²) < 4.78 is 6.25. The molecule has 1 aliphatic rings. The van der Waals surface area contributed by atoms with Crippen molar-refractivity contribution in [2.45, 2.75) is 44.8 Å². The molecule has 0 radical (unpaired) electrons. The van der Waals surface area contributed by atoms with Crippen LogP contribution in [0.1, 0.15) is 41.7 Å². The summed E-state index contributed by atoms with van der Waals surface area (Å²) in [5, 5.41) is 13.5. The zero-order chi connectivity index (χ0) is 20.4. The lowest BCUT2D eigenvalue weighted by atomic mass is 9.93. The van der Waals surface area contributed by atoms with Crippen LogP contribution in [0.25, 0.3) is 10.9 Å². The Hall–Kier alpha value is -3.42. The number of nitrogens with one attached hydrogen (secondary N) is 1. The largest absolute Gasteiger partial charge is 0.490 e. The number of nitrogen functional groups attached to an aromatic ring is 1. The molecule has 0 amide bonds. The van der Waals surface area contributed by atoms with Crippen LogP contribution in [0, 0.1) is 6.92 Å². The van der Waals surface area contributed by atoms with Gasteiger partial charge in [0.2, 0.25) is 0 Å². The number of fused-ring (bicyclic) bond motifs is 1. The van der Waals surface area contributed by atoms with E-state index in [9.17, 15) is 9.90 Å². The second-order valence-corrected chi connectivity index (χ2v) is 7.27. The third kappa shape index (κ3) is 3.91. The highest BCUT2D eigenvalue weighted by Crippen LogP contribution is 2.35. The molecular formula is C21H23N5O3. The van der Waals surface area contributed by atoms with Crippen molar-refractivity contribution in [2.24, 2.45) is 0 Å². The average Bonchev–Trinajstić information content (AvgIpc) is 2.70. The standard InChI is InChI=1S/C21H23N5O3/c1-12-18(21(27)28)20(22)19-15(25-12)3-2-4-16(19)29-14-7-5-13(6-8-14)26-17-11-23-9-10-24-17/h2-4,9-11,13-14H,5-8H2,1H3,(H2,22,25)(H,24,26)(H,27,28)/t13-,14-. The zero-order valence-corrected chi connectivity index (χ0v) is 16.1. The van der Waals surface area contributed by atoms with E-state index < -0.39 is 5.97 Å². The topological polar surface area (TPSA) is 123 Å². The van der Waals surface area contributed by atoms with Gasteiger partial charge in [-0.25, -0.2) is 9.78 Å². The number of nitrogens with zero attached hydrogens (tertiary/aromatic N) is 3. The van der Waals surface area contributed by atoms with Gasteiger partial charge in [-0.2, -0.15) is 0 Å². The van der Waals surface area contributed by atoms with E-state index in [2.05, 4.69) is 20.3 Å². The molecular weight excluding hydrogens is 370 g/mol. The number of hydrogen-bond acceptors (Lipinski definition) is 7. The molecule has 0 saturated heterocycles. The second kappa shape index (κ2) is 7.90. The van der Waals surface area contributed by atoms with Crippen LogP contribution in [0.4, 0.5) is 11.5 Å². The first kappa shape index (κ1) is 18.9. The molecule has 150 valence electrons. The van der Waals surface area contributed by atoms with E-state index >= 15 is 0 Å². The first-order chi connectivity index (χ1) is 14.0. The van der Waals surface area contributed by atoms with Crippen molar-refractivity contribution < 1.29 is 14.6 Å². The molecule has 1 saturated carbocycles. The van der Waals surface area contributed by atoms with Crippen LogP contribution < -0.4 is 15.8 Å². The molecule has 8 nitrogen and oxygen atoms in total. The Morgan fingerprint density at radius 3 is 2.72 bits per heavy atom. The van der Waals surface area contributed by atoms with Gasteiger partial charge in [0.25, 0.3) is 0 Å². The number of aromatic carboxylic acids is 1. The smallest absolute Gasteiger partial charge is 0.339 e. The number of rotatable bonds is 5. The minimum absolute atomic E-state index is 0.0328. The number of ether oxygens (including phenoxy) is 1. The summed E-state index contributed by atoms with van der Waals surface area (Å²) in [4.78, 5) is 24.3. The van der Waals surface area contributed by atoms with Crippen LogP contribution in [0.5, 0.6) is 5.75 Å². The number of benzene rings is 1. The maximum absolute atomic E-state index is 11.6. The fraction of sp³-hybridized carbons (Fsp3) is 0.333. The van der Waals surface area contributed by atoms with E-state index in [-0.39, 0.29) is 17.4 Å². The number of aryl methyl sites for hydroxylation is 1. The highest BCUT2D eigenvalue weighted by molar-refractivity contribution is 6.06. The molecule has 1 aliphatic carbocycles. The predicted molar refractivity (Wildman–Crippen MR) is 110 cm³/mol. The molecule has 1 aromatic carbocycles. The van der Waals surface area contributed by atoms with Crippen molar-refractivity contribution in [1.82, 2.24) is 15.0 Å². The van der Waals surface area contributed by atoms with E-state index in [0.717, 1.165) is 31.5 Å². The molecule has 2 heterocycles. The molecule has 4 rings (SSSR count). The van der Waals surface area contributed by atoms with Gasteiger partial charge in [-0.1, -0.05) is 6.07 Å². The normalized spacial score (nSPS) is 19.1. The van der Waals surface area contributed by atoms with Crippen LogP contribution in [0.15, 0.2) is 36.8 Å². The summed E-state index contributed by atoms with van der Waals surface area (Å²) in [5.41, 5.74) is 7.48. The lowest BCUT2D eigenvalue weighted by molar-refractivity contribution is 0.0697. The molecule has 3 aromatic rings. The number of hydrogen-bond donors (Lipinski definition) is 3. The average molecular weight is 393 g/mol. The van der Waals surface area contributed by atoms with Crippen molar-refractivity contribution in [2.75, 3.05) is 11.1 Å². The summed E-state index contributed by atoms with van der Waals surface area (Å²) in [6.45, 7) is 1.65. The fourth-order valence-corrected chi connectivity index (χ4v) is 3.90. The first-order valence-electron chi connectivity index (χ1n) is 9.64. The number of nitrogens with two attached hydrogens (primary N) is 1. The molecule has 29 heavy (non-hydrogen) atoms. The maximum atomic E-state index is 11.6. The lowest BCUT2D eigenvalue weighted by Gasteiger charge is -2.30. The number of aromatic nitrogens is 3. The van der Waals surface area contributed by atoms with Gasteiger partial charge in [0.1, 0.15) is 17.1 Å². The maximum Gasteiger partial charge on any atom is 0.339 e. The second-order valence-electron chi connectivity index (χ2n) is 7.27. The number of anilines is 2. The van der Waals surface area contributed by atoms with Crippen LogP contribution in [-0.4, -0.2) is 38.2 Å². The monoisotopic (exact) mass is 393 g/mol. The Morgan fingerprint density at radius 2 is 2.03 bits per heavy atom. The van der Waals surface area contributed by atoms with Gasteiger partial charge in [0.05, 0.1) is 34.6 Å². The van der Waals surface area contributed by atoms with Crippen molar-refractivity contribution in [1.29, 1.82) is 0 Å². The quantitative estimate of drug-likeness (QED) is 0.602. The summed E-state index contributed by atoms with van der Waals surface area (Å²) in [7, 11) is 0. The van der Waals surface area contributed by atoms with Crippen molar-refractivity contribution in [3.05, 3.63) is 48.0 Å². The third-order valence-corrected chi connectivity index (χ3v) is 5.29. The zero-order valence-electron chi connectivity index (χ0n) is 16.1. The molecule has 0 aliphatic heterocycles. The Balaban J connectivity index is 1.50. The Morgan fingerprint density at radius 1 is 1.24 bits per heavy atom. The van der Waals surface area contributed by atoms with Crippen molar-refractivity contribution in [3.63, 3.8) is 0 Å². The van der Waals surface area contributed by atoms with Crippen molar-refractivity contribution >= 4 is 28.4 Å². The highest BCUT2D eigenvalue weighted by atomic mass is 16.5. The van der Waals surface area contributed by atoms with Gasteiger partial charge < -0.3 is 20.9 Å². The molecule has 0 atom stereocenters. The summed E-state index contributed by atoms with van der Waals surface area (Å²) in [6, 6.07) is 5.82. The predicted octanol–water partition coefficient (Wildman–Crippen LogP) is 3.42. The molecule has 1 fully saturated rings. The summed E-state index contributed by atoms with van der Waals surface area (Å²) in [6.07, 6.45) is 8.71. The lowest BCUT2D eigenvalue weighted by Crippen LogP contribution is -2.31. The molecule has 8 heteroatoms. The van der Waals surface area contributed by atoms with Crippen LogP contribution in [-0.2, 0) is 0 Å². The molecule has 0 bridgehead atoms. The number of carbonyl (C=O) groups is 1. The van der Waals surface area contributed by atoms with E-state index in [1.165, 1.54) is 0 Å². The van der Waals surface area contributed by atoms with Crippen LogP contribution in [0.3, 0.4) is 0 Å². The van der Waals surface area contributed by atoms with Gasteiger partial charge in [-0.3, -0.25) is 9.97 Å². The Labute approximate surface area is 168 Å². The molecule has 0 spiro atoms. The van der Waals surface area contributed by atoms with E-state index in [4.69, 9.17) is 10.5 Å². The Kier molecular flexibility index (Phi) is 5.16. The minimum atomic E-state index is -1.08. The van der Waals surface area contributed by atoms with Gasteiger partial charge in [0, 0.05) is 18.4 Å². The fourth-order valence-electron chi connectivity index (χ4n) is 3.90. The molecule has 2 aromatic heterocycles. The molecule has 4 N–H and O–H groups in total. The highest BCUT2D eigenvalue weighted by Gasteiger charge is 2.25. The number of carboxylic acid groups (broad SMARTS) is 1. The third-order valence-electron chi connectivity index (χ3n) is 5.29. The van der Waals surface area contributed by atoms with E-state index in [1.54, 1.807) is 25.5 Å². The SMILES string of the molecule is Cc1nc2cccc(O[C@H]3CC[C@H](Nc4cnccn4)CC3)c2c(N)c1C(=O)O. The van der Waals surface area contributed by atoms with E-state index in [0.29, 0.717) is 28.4 Å². The number of pyridine rings is 1. The number of carboxylic acids is 1.